The van der Waals surface area contributed by atoms with E-state index in [-0.39, 0.29) is 29.7 Å². The summed E-state index contributed by atoms with van der Waals surface area (Å²) in [6.07, 6.45) is 0.248. The summed E-state index contributed by atoms with van der Waals surface area (Å²) in [5.74, 6) is -1.73. The van der Waals surface area contributed by atoms with Crippen molar-refractivity contribution in [3.8, 4) is 0 Å². The van der Waals surface area contributed by atoms with Crippen LogP contribution in [0.5, 0.6) is 0 Å². The molecule has 1 heterocycles. The lowest BCUT2D eigenvalue weighted by molar-refractivity contribution is 0.0696. The quantitative estimate of drug-likeness (QED) is 0.368. The fourth-order valence-corrected chi connectivity index (χ4v) is 4.87. The maximum Gasteiger partial charge on any atom is 0.335 e. The Hall–Kier alpha value is -4.28. The summed E-state index contributed by atoms with van der Waals surface area (Å²) in [6.45, 7) is -0.137. The number of carbonyl (C=O) groups is 2. The van der Waals surface area contributed by atoms with Crippen LogP contribution in [0.15, 0.2) is 83.7 Å². The number of pyridine rings is 1. The maximum absolute atomic E-state index is 13.5. The summed E-state index contributed by atoms with van der Waals surface area (Å²) in [6, 6.07) is 21.3. The number of aromatic amines is 1. The monoisotopic (exact) mass is 519 g/mol. The second kappa shape index (κ2) is 10.4. The van der Waals surface area contributed by atoms with Crippen molar-refractivity contribution in [3.63, 3.8) is 0 Å². The molecule has 1 aromatic heterocycles. The standard InChI is InChI=1S/C27H25N3O6S/c1-29(2)37(35,36)30(17-19-6-4-3-5-7-19)26(32)21-12-13-24-22(15-21)16-23(25(31)28-24)14-18-8-10-20(11-9-18)27(33)34/h3-13,15-16H,14,17H2,1-2H3,(H,28,31)(H,33,34). The third-order valence-corrected chi connectivity index (χ3v) is 7.67. The van der Waals surface area contributed by atoms with Gasteiger partial charge in [0.2, 0.25) is 0 Å². The first-order valence-electron chi connectivity index (χ1n) is 11.3. The van der Waals surface area contributed by atoms with Crippen LogP contribution in [0, 0.1) is 0 Å². The van der Waals surface area contributed by atoms with Crippen molar-refractivity contribution in [2.75, 3.05) is 14.1 Å². The van der Waals surface area contributed by atoms with E-state index < -0.39 is 22.1 Å². The van der Waals surface area contributed by atoms with Gasteiger partial charge in [0.05, 0.1) is 12.1 Å². The van der Waals surface area contributed by atoms with E-state index in [9.17, 15) is 22.8 Å². The van der Waals surface area contributed by atoms with E-state index in [1.807, 2.05) is 0 Å². The maximum atomic E-state index is 13.5. The number of nitrogens with one attached hydrogen (secondary N) is 1. The third-order valence-electron chi connectivity index (χ3n) is 5.90. The zero-order chi connectivity index (χ0) is 26.7. The molecule has 190 valence electrons. The van der Waals surface area contributed by atoms with E-state index in [1.165, 1.54) is 32.3 Å². The predicted molar refractivity (Wildman–Crippen MR) is 140 cm³/mol. The van der Waals surface area contributed by atoms with Crippen LogP contribution >= 0.6 is 0 Å². The zero-order valence-electron chi connectivity index (χ0n) is 20.2. The fraction of sp³-hybridized carbons (Fsp3) is 0.148. The molecule has 0 fully saturated rings. The molecule has 0 saturated heterocycles. The molecule has 0 aliphatic heterocycles. The smallest absolute Gasteiger partial charge is 0.335 e. The lowest BCUT2D eigenvalue weighted by Gasteiger charge is -2.26. The number of carbonyl (C=O) groups excluding carboxylic acids is 1. The van der Waals surface area contributed by atoms with Gasteiger partial charge in [-0.1, -0.05) is 42.5 Å². The molecule has 0 atom stereocenters. The number of aromatic carboxylic acids is 1. The van der Waals surface area contributed by atoms with Gasteiger partial charge in [0.1, 0.15) is 0 Å². The third kappa shape index (κ3) is 5.60. The van der Waals surface area contributed by atoms with Crippen LogP contribution in [0.1, 0.15) is 37.4 Å². The number of carboxylic acids is 1. The van der Waals surface area contributed by atoms with E-state index in [0.29, 0.717) is 22.0 Å². The van der Waals surface area contributed by atoms with E-state index in [2.05, 4.69) is 4.98 Å². The van der Waals surface area contributed by atoms with E-state index in [1.54, 1.807) is 60.7 Å². The SMILES string of the molecule is CN(C)S(=O)(=O)N(Cc1ccccc1)C(=O)c1ccc2[nH]c(=O)c(Cc3ccc(C(=O)O)cc3)cc2c1. The Bertz CT molecular complexity index is 1630. The molecule has 4 aromatic rings. The molecule has 10 heteroatoms. The first-order chi connectivity index (χ1) is 17.6. The number of H-pyrrole nitrogens is 1. The zero-order valence-corrected chi connectivity index (χ0v) is 21.0. The minimum absolute atomic E-state index is 0.137. The molecule has 1 amide bonds. The first kappa shape index (κ1) is 25.8. The van der Waals surface area contributed by atoms with Crippen molar-refractivity contribution in [1.29, 1.82) is 0 Å². The van der Waals surface area contributed by atoms with E-state index in [0.717, 1.165) is 14.2 Å². The van der Waals surface area contributed by atoms with Crippen LogP contribution in [0.4, 0.5) is 0 Å². The number of fused-ring (bicyclic) bond motifs is 1. The van der Waals surface area contributed by atoms with E-state index in [4.69, 9.17) is 5.11 Å². The van der Waals surface area contributed by atoms with Gasteiger partial charge in [-0.2, -0.15) is 12.7 Å². The highest BCUT2D eigenvalue weighted by Crippen LogP contribution is 2.20. The number of hydrogen-bond donors (Lipinski definition) is 2. The summed E-state index contributed by atoms with van der Waals surface area (Å²) in [7, 11) is -1.36. The Labute approximate surface area is 213 Å². The van der Waals surface area contributed by atoms with Gasteiger partial charge in [0, 0.05) is 37.2 Å². The van der Waals surface area contributed by atoms with Gasteiger partial charge in [0.15, 0.2) is 0 Å². The van der Waals surface area contributed by atoms with Gasteiger partial charge in [0.25, 0.3) is 11.5 Å². The minimum Gasteiger partial charge on any atom is -0.478 e. The first-order valence-corrected chi connectivity index (χ1v) is 12.7. The molecular weight excluding hydrogens is 494 g/mol. The van der Waals surface area contributed by atoms with Gasteiger partial charge in [-0.05, 0) is 52.9 Å². The Morgan fingerprint density at radius 1 is 0.865 bits per heavy atom. The van der Waals surface area contributed by atoms with Gasteiger partial charge in [-0.3, -0.25) is 9.59 Å². The van der Waals surface area contributed by atoms with Crippen molar-refractivity contribution in [2.45, 2.75) is 13.0 Å². The molecule has 0 aliphatic rings. The fourth-order valence-electron chi connectivity index (χ4n) is 3.85. The number of carboxylic acid groups (broad SMARTS) is 1. The van der Waals surface area contributed by atoms with Crippen LogP contribution in [-0.4, -0.2) is 53.1 Å². The van der Waals surface area contributed by atoms with Crippen molar-refractivity contribution >= 4 is 33.0 Å². The largest absolute Gasteiger partial charge is 0.478 e. The summed E-state index contributed by atoms with van der Waals surface area (Å²) in [4.78, 5) is 40.0. The molecule has 0 unspecified atom stereocenters. The van der Waals surface area contributed by atoms with Gasteiger partial charge in [-0.25, -0.2) is 9.10 Å². The van der Waals surface area contributed by atoms with Crippen LogP contribution < -0.4 is 5.56 Å². The number of aromatic nitrogens is 1. The molecule has 0 bridgehead atoms. The van der Waals surface area contributed by atoms with Crippen molar-refractivity contribution in [2.24, 2.45) is 0 Å². The van der Waals surface area contributed by atoms with Crippen molar-refractivity contribution in [1.82, 2.24) is 13.6 Å². The molecule has 37 heavy (non-hydrogen) atoms. The Morgan fingerprint density at radius 3 is 2.14 bits per heavy atom. The van der Waals surface area contributed by atoms with Crippen LogP contribution in [0.3, 0.4) is 0 Å². The van der Waals surface area contributed by atoms with Crippen LogP contribution in [0.25, 0.3) is 10.9 Å². The van der Waals surface area contributed by atoms with Crippen molar-refractivity contribution < 1.29 is 23.1 Å². The second-order valence-electron chi connectivity index (χ2n) is 8.69. The van der Waals surface area contributed by atoms with Gasteiger partial charge >= 0.3 is 16.2 Å². The van der Waals surface area contributed by atoms with Gasteiger partial charge in [-0.15, -0.1) is 0 Å². The Morgan fingerprint density at radius 2 is 1.51 bits per heavy atom. The van der Waals surface area contributed by atoms with Crippen LogP contribution in [0.2, 0.25) is 0 Å². The summed E-state index contributed by atoms with van der Waals surface area (Å²) in [5.41, 5.74) is 2.30. The lowest BCUT2D eigenvalue weighted by atomic mass is 10.0. The molecule has 0 radical (unpaired) electrons. The topological polar surface area (TPSA) is 128 Å². The van der Waals surface area contributed by atoms with Gasteiger partial charge < -0.3 is 10.1 Å². The molecule has 3 aromatic carbocycles. The van der Waals surface area contributed by atoms with Crippen molar-refractivity contribution in [3.05, 3.63) is 117 Å². The number of amides is 1. The molecule has 0 spiro atoms. The summed E-state index contributed by atoms with van der Waals surface area (Å²) in [5, 5.41) is 9.63. The normalized spacial score (nSPS) is 11.5. The number of benzene rings is 3. The molecule has 0 saturated carbocycles. The lowest BCUT2D eigenvalue weighted by Crippen LogP contribution is -2.43. The molecule has 4 rings (SSSR count). The summed E-state index contributed by atoms with van der Waals surface area (Å²) >= 11 is 0. The highest BCUT2D eigenvalue weighted by molar-refractivity contribution is 7.87. The molecular formula is C27H25N3O6S. The number of hydrogen-bond acceptors (Lipinski definition) is 5. The van der Waals surface area contributed by atoms with E-state index >= 15 is 0 Å². The average Bonchev–Trinajstić information content (AvgIpc) is 2.88. The minimum atomic E-state index is -4.09. The average molecular weight is 520 g/mol. The predicted octanol–water partition coefficient (Wildman–Crippen LogP) is 3.27. The number of nitrogens with zero attached hydrogens (tertiary/aromatic N) is 2. The Kier molecular flexibility index (Phi) is 7.23. The second-order valence-corrected chi connectivity index (χ2v) is 10.8. The Balaban J connectivity index is 1.70. The highest BCUT2D eigenvalue weighted by Gasteiger charge is 2.30. The number of rotatable bonds is 8. The highest BCUT2D eigenvalue weighted by atomic mass is 32.2. The molecule has 0 aliphatic carbocycles. The molecule has 9 nitrogen and oxygen atoms in total. The van der Waals surface area contributed by atoms with Crippen LogP contribution in [-0.2, 0) is 23.2 Å². The molecule has 2 N–H and O–H groups in total. The summed E-state index contributed by atoms with van der Waals surface area (Å²) < 4.78 is 27.9.